The van der Waals surface area contributed by atoms with Gasteiger partial charge in [-0.1, -0.05) is 6.92 Å². The van der Waals surface area contributed by atoms with Gasteiger partial charge in [-0.25, -0.2) is 0 Å². The van der Waals surface area contributed by atoms with Gasteiger partial charge in [-0.15, -0.1) is 0 Å². The molecule has 0 saturated carbocycles. The third-order valence-corrected chi connectivity index (χ3v) is 6.23. The molecule has 1 fully saturated rings. The molecule has 0 aromatic heterocycles. The lowest BCUT2D eigenvalue weighted by atomic mass is 9.88. The molecule has 3 N–H and O–H groups in total. The van der Waals surface area contributed by atoms with Crippen LogP contribution in [0.5, 0.6) is 11.5 Å². The van der Waals surface area contributed by atoms with Crippen molar-refractivity contribution in [1.82, 2.24) is 20.9 Å². The molecule has 0 unspecified atom stereocenters. The van der Waals surface area contributed by atoms with Crippen LogP contribution < -0.4 is 25.4 Å². The van der Waals surface area contributed by atoms with Crippen molar-refractivity contribution in [3.63, 3.8) is 0 Å². The molecule has 1 saturated heterocycles. The number of fused-ring (bicyclic) bond motifs is 1. The summed E-state index contributed by atoms with van der Waals surface area (Å²) in [6, 6.07) is 4.48. The van der Waals surface area contributed by atoms with Gasteiger partial charge in [-0.3, -0.25) is 9.59 Å². The summed E-state index contributed by atoms with van der Waals surface area (Å²) >= 11 is 5.42. The van der Waals surface area contributed by atoms with Gasteiger partial charge >= 0.3 is 0 Å². The van der Waals surface area contributed by atoms with Crippen LogP contribution in [-0.4, -0.2) is 60.3 Å². The van der Waals surface area contributed by atoms with Crippen LogP contribution in [0.1, 0.15) is 50.4 Å². The summed E-state index contributed by atoms with van der Waals surface area (Å²) < 4.78 is 10.7. The molecule has 31 heavy (non-hydrogen) atoms. The molecule has 2 heterocycles. The molecular weight excluding hydrogens is 416 g/mol. The molecule has 2 atom stereocenters. The minimum absolute atomic E-state index is 0.0303. The van der Waals surface area contributed by atoms with Crippen LogP contribution in [0.25, 0.3) is 0 Å². The second-order valence-electron chi connectivity index (χ2n) is 8.00. The summed E-state index contributed by atoms with van der Waals surface area (Å²) in [6.07, 6.45) is 2.36. The molecule has 2 amide bonds. The summed E-state index contributed by atoms with van der Waals surface area (Å²) in [5.41, 5.74) is 0.441. The number of nitrogens with zero attached hydrogens (tertiary/aromatic N) is 1. The van der Waals surface area contributed by atoms with Gasteiger partial charge in [0.2, 0.25) is 12.7 Å². The summed E-state index contributed by atoms with van der Waals surface area (Å²) in [5, 5.41) is 9.93. The fourth-order valence-electron chi connectivity index (χ4n) is 3.79. The van der Waals surface area contributed by atoms with E-state index in [0.29, 0.717) is 17.1 Å². The van der Waals surface area contributed by atoms with Gasteiger partial charge in [-0.05, 0) is 69.4 Å². The van der Waals surface area contributed by atoms with E-state index in [9.17, 15) is 9.59 Å². The molecule has 170 valence electrons. The fourth-order valence-corrected chi connectivity index (χ4v) is 4.12. The van der Waals surface area contributed by atoms with Crippen LogP contribution in [0.3, 0.4) is 0 Å². The second-order valence-corrected chi connectivity index (χ2v) is 8.38. The Labute approximate surface area is 189 Å². The van der Waals surface area contributed by atoms with Gasteiger partial charge in [-0.2, -0.15) is 0 Å². The number of thiocarbonyl (C=S) groups is 1. The lowest BCUT2D eigenvalue weighted by Gasteiger charge is -2.37. The Balaban J connectivity index is 1.70. The minimum atomic E-state index is -0.609. The zero-order valence-corrected chi connectivity index (χ0v) is 19.2. The molecule has 8 nitrogen and oxygen atoms in total. The highest BCUT2D eigenvalue weighted by atomic mass is 32.1. The van der Waals surface area contributed by atoms with Crippen LogP contribution >= 0.6 is 12.2 Å². The smallest absolute Gasteiger partial charge is 0.252 e. The number of hydrogen-bond acceptors (Lipinski definition) is 5. The van der Waals surface area contributed by atoms with Crippen molar-refractivity contribution in [2.75, 3.05) is 26.4 Å². The van der Waals surface area contributed by atoms with Gasteiger partial charge in [0.1, 0.15) is 6.04 Å². The largest absolute Gasteiger partial charge is 0.454 e. The monoisotopic (exact) mass is 448 g/mol. The number of ether oxygens (including phenoxy) is 2. The van der Waals surface area contributed by atoms with E-state index >= 15 is 0 Å². The summed E-state index contributed by atoms with van der Waals surface area (Å²) in [7, 11) is 0. The van der Waals surface area contributed by atoms with Crippen molar-refractivity contribution < 1.29 is 19.1 Å². The van der Waals surface area contributed by atoms with Crippen molar-refractivity contribution >= 4 is 29.1 Å². The van der Waals surface area contributed by atoms with E-state index in [-0.39, 0.29) is 30.6 Å². The molecule has 1 aromatic carbocycles. The number of carbonyl (C=O) groups is 2. The Morgan fingerprint density at radius 1 is 1.16 bits per heavy atom. The lowest BCUT2D eigenvalue weighted by molar-refractivity contribution is -0.125. The molecule has 2 aliphatic heterocycles. The van der Waals surface area contributed by atoms with Crippen molar-refractivity contribution in [3.8, 4) is 11.5 Å². The van der Waals surface area contributed by atoms with E-state index < -0.39 is 6.04 Å². The normalized spacial score (nSPS) is 17.6. The average Bonchev–Trinajstić information content (AvgIpc) is 3.25. The van der Waals surface area contributed by atoms with Crippen molar-refractivity contribution in [2.45, 2.75) is 52.1 Å². The Kier molecular flexibility index (Phi) is 7.95. The highest BCUT2D eigenvalue weighted by Gasteiger charge is 2.34. The topological polar surface area (TPSA) is 91.9 Å². The maximum Gasteiger partial charge on any atom is 0.252 e. The van der Waals surface area contributed by atoms with E-state index in [1.54, 1.807) is 18.2 Å². The van der Waals surface area contributed by atoms with Crippen molar-refractivity contribution in [1.29, 1.82) is 0 Å². The number of hydrogen-bond donors (Lipinski definition) is 3. The summed E-state index contributed by atoms with van der Waals surface area (Å²) in [4.78, 5) is 28.2. The Morgan fingerprint density at radius 3 is 2.55 bits per heavy atom. The Hall–Kier alpha value is -2.55. The van der Waals surface area contributed by atoms with Crippen LogP contribution in [0.15, 0.2) is 18.2 Å². The molecule has 1 aromatic rings. The highest BCUT2D eigenvalue weighted by molar-refractivity contribution is 7.80. The Morgan fingerprint density at radius 2 is 1.87 bits per heavy atom. The molecule has 0 radical (unpaired) electrons. The van der Waals surface area contributed by atoms with Crippen LogP contribution in [0.4, 0.5) is 0 Å². The SMILES string of the molecule is CCNC(=S)N1CCC([C@H](NC(=O)c2ccc3c(c2)OCO3)C(=O)N[C@@H](C)CC)CC1. The van der Waals surface area contributed by atoms with Gasteiger partial charge < -0.3 is 30.3 Å². The first-order valence-electron chi connectivity index (χ1n) is 11.0. The van der Waals surface area contributed by atoms with E-state index in [4.69, 9.17) is 21.7 Å². The summed E-state index contributed by atoms with van der Waals surface area (Å²) in [6.45, 7) is 8.43. The van der Waals surface area contributed by atoms with Crippen molar-refractivity contribution in [3.05, 3.63) is 23.8 Å². The quantitative estimate of drug-likeness (QED) is 0.550. The van der Waals surface area contributed by atoms with E-state index in [2.05, 4.69) is 20.9 Å². The number of nitrogens with one attached hydrogen (secondary N) is 3. The third kappa shape index (κ3) is 5.78. The average molecular weight is 449 g/mol. The first kappa shape index (κ1) is 23.1. The van der Waals surface area contributed by atoms with Gasteiger partial charge in [0.25, 0.3) is 5.91 Å². The number of piperidine rings is 1. The van der Waals surface area contributed by atoms with Gasteiger partial charge in [0.05, 0.1) is 0 Å². The molecular formula is C22H32N4O4S. The highest BCUT2D eigenvalue weighted by Crippen LogP contribution is 2.32. The first-order chi connectivity index (χ1) is 14.9. The van der Waals surface area contributed by atoms with Crippen molar-refractivity contribution in [2.24, 2.45) is 5.92 Å². The van der Waals surface area contributed by atoms with E-state index in [1.165, 1.54) is 0 Å². The predicted molar refractivity (Wildman–Crippen MR) is 122 cm³/mol. The maximum absolute atomic E-state index is 13.1. The molecule has 0 aliphatic carbocycles. The third-order valence-electron chi connectivity index (χ3n) is 5.83. The second kappa shape index (κ2) is 10.7. The first-order valence-corrected chi connectivity index (χ1v) is 11.4. The number of amides is 2. The molecule has 2 aliphatic rings. The maximum atomic E-state index is 13.1. The van der Waals surface area contributed by atoms with E-state index in [1.807, 2.05) is 20.8 Å². The number of benzene rings is 1. The molecule has 0 spiro atoms. The van der Waals surface area contributed by atoms with Gasteiger partial charge in [0.15, 0.2) is 16.6 Å². The summed E-state index contributed by atoms with van der Waals surface area (Å²) in [5.74, 6) is 0.747. The van der Waals surface area contributed by atoms with E-state index in [0.717, 1.165) is 44.0 Å². The fraction of sp³-hybridized carbons (Fsp3) is 0.591. The molecule has 0 bridgehead atoms. The Bertz CT molecular complexity index is 811. The molecule has 9 heteroatoms. The number of rotatable bonds is 7. The van der Waals surface area contributed by atoms with Crippen LogP contribution in [0, 0.1) is 5.92 Å². The zero-order chi connectivity index (χ0) is 22.4. The standard InChI is InChI=1S/C22H32N4O4S/c1-4-14(3)24-21(28)19(15-8-10-26(11-9-15)22(31)23-5-2)25-20(27)16-6-7-17-18(12-16)30-13-29-17/h6-7,12,14-15,19H,4-5,8-11,13H2,1-3H3,(H,23,31)(H,24,28)(H,25,27)/t14-,19-/m0/s1. The lowest BCUT2D eigenvalue weighted by Crippen LogP contribution is -2.55. The number of carbonyl (C=O) groups excluding carboxylic acids is 2. The zero-order valence-electron chi connectivity index (χ0n) is 18.4. The van der Waals surface area contributed by atoms with Crippen LogP contribution in [-0.2, 0) is 4.79 Å². The predicted octanol–water partition coefficient (Wildman–Crippen LogP) is 2.03. The van der Waals surface area contributed by atoms with Crippen LogP contribution in [0.2, 0.25) is 0 Å². The minimum Gasteiger partial charge on any atom is -0.454 e. The number of likely N-dealkylation sites (tertiary alicyclic amines) is 1. The molecule has 3 rings (SSSR count). The van der Waals surface area contributed by atoms with Gasteiger partial charge in [0, 0.05) is 31.2 Å².